The number of hydrogen-bond donors (Lipinski definition) is 1. The lowest BCUT2D eigenvalue weighted by Crippen LogP contribution is -2.46. The molecule has 1 saturated carbocycles. The number of carboxylic acid groups (broad SMARTS) is 1. The fraction of sp³-hybridized carbons (Fsp3) is 0.528. The Bertz CT molecular complexity index is 1360. The van der Waals surface area contributed by atoms with Crippen LogP contribution >= 0.6 is 0 Å². The molecule has 1 N–H and O–H groups in total. The van der Waals surface area contributed by atoms with Crippen molar-refractivity contribution < 1.29 is 14.7 Å². The van der Waals surface area contributed by atoms with E-state index in [2.05, 4.69) is 52.2 Å². The number of aromatic nitrogens is 2. The minimum atomic E-state index is -0.645. The molecule has 1 aliphatic carbocycles. The molecule has 7 heteroatoms. The van der Waals surface area contributed by atoms with Crippen molar-refractivity contribution in [1.82, 2.24) is 19.6 Å². The molecule has 0 spiro atoms. The zero-order chi connectivity index (χ0) is 29.8. The van der Waals surface area contributed by atoms with Crippen LogP contribution in [-0.2, 0) is 11.3 Å². The molecule has 6 rings (SSSR count). The Balaban J connectivity index is 1.16. The summed E-state index contributed by atoms with van der Waals surface area (Å²) in [4.78, 5) is 31.0. The maximum atomic E-state index is 13.4. The summed E-state index contributed by atoms with van der Waals surface area (Å²) in [6.07, 6.45) is 9.35. The monoisotopic (exact) mass is 582 g/mol. The number of benzene rings is 2. The summed E-state index contributed by atoms with van der Waals surface area (Å²) >= 11 is 0. The molecule has 3 heterocycles. The lowest BCUT2D eigenvalue weighted by molar-refractivity contribution is -0.145. The number of aliphatic carboxylic acids is 1. The van der Waals surface area contributed by atoms with Crippen molar-refractivity contribution in [3.63, 3.8) is 0 Å². The van der Waals surface area contributed by atoms with E-state index in [-0.39, 0.29) is 17.7 Å². The summed E-state index contributed by atoms with van der Waals surface area (Å²) in [6.45, 7) is 7.42. The smallest absolute Gasteiger partial charge is 0.321 e. The van der Waals surface area contributed by atoms with Gasteiger partial charge in [0.25, 0.3) is 0 Å². The summed E-state index contributed by atoms with van der Waals surface area (Å²) in [6, 6.07) is 19.9. The Labute approximate surface area is 255 Å². The highest BCUT2D eigenvalue weighted by atomic mass is 16.4. The van der Waals surface area contributed by atoms with Gasteiger partial charge in [-0.3, -0.25) is 19.2 Å². The van der Waals surface area contributed by atoms with Gasteiger partial charge in [-0.2, -0.15) is 5.10 Å². The van der Waals surface area contributed by atoms with Crippen molar-refractivity contribution in [2.45, 2.75) is 76.3 Å². The molecular formula is C36H46N4O3. The molecule has 2 aromatic carbocycles. The number of ketones is 1. The zero-order valence-electron chi connectivity index (χ0n) is 25.5. The van der Waals surface area contributed by atoms with E-state index in [9.17, 15) is 14.7 Å². The number of carbonyl (C=O) groups excluding carboxylic acids is 1. The van der Waals surface area contributed by atoms with E-state index in [1.807, 2.05) is 35.0 Å². The molecule has 43 heavy (non-hydrogen) atoms. The number of piperidine rings is 1. The summed E-state index contributed by atoms with van der Waals surface area (Å²) in [5.74, 6) is 0.693. The van der Waals surface area contributed by atoms with Gasteiger partial charge in [-0.25, -0.2) is 0 Å². The highest BCUT2D eigenvalue weighted by molar-refractivity contribution is 6.09. The van der Waals surface area contributed by atoms with Crippen LogP contribution in [0.25, 0.3) is 0 Å². The van der Waals surface area contributed by atoms with E-state index in [1.54, 1.807) is 6.20 Å². The number of likely N-dealkylation sites (tertiary alicyclic amines) is 2. The molecule has 7 nitrogen and oxygen atoms in total. The molecule has 0 bridgehead atoms. The van der Waals surface area contributed by atoms with Crippen molar-refractivity contribution in [2.75, 3.05) is 32.7 Å². The first kappa shape index (κ1) is 29.8. The van der Waals surface area contributed by atoms with Gasteiger partial charge in [-0.1, -0.05) is 79.9 Å². The molecule has 2 saturated heterocycles. The second kappa shape index (κ2) is 13.6. The summed E-state index contributed by atoms with van der Waals surface area (Å²) in [5, 5.41) is 15.0. The van der Waals surface area contributed by atoms with Crippen LogP contribution in [0.4, 0.5) is 0 Å². The molecule has 0 amide bonds. The Hall–Kier alpha value is -3.29. The third-order valence-corrected chi connectivity index (χ3v) is 10.4. The molecule has 0 unspecified atom stereocenters. The first-order chi connectivity index (χ1) is 21.0. The average molecular weight is 583 g/mol. The lowest BCUT2D eigenvalue weighted by atomic mass is 9.83. The van der Waals surface area contributed by atoms with Crippen LogP contribution in [0.2, 0.25) is 0 Å². The molecular weight excluding hydrogens is 536 g/mol. The molecule has 0 radical (unpaired) electrons. The van der Waals surface area contributed by atoms with Gasteiger partial charge in [0.15, 0.2) is 5.78 Å². The van der Waals surface area contributed by atoms with Crippen molar-refractivity contribution in [2.24, 2.45) is 11.8 Å². The van der Waals surface area contributed by atoms with Crippen LogP contribution in [0.15, 0.2) is 66.9 Å². The van der Waals surface area contributed by atoms with Gasteiger partial charge in [0.2, 0.25) is 0 Å². The molecule has 3 aromatic rings. The molecule has 3 fully saturated rings. The highest BCUT2D eigenvalue weighted by Gasteiger charge is 2.43. The second-order valence-electron chi connectivity index (χ2n) is 12.9. The van der Waals surface area contributed by atoms with Gasteiger partial charge in [-0.15, -0.1) is 0 Å². The fourth-order valence-corrected chi connectivity index (χ4v) is 8.22. The van der Waals surface area contributed by atoms with Gasteiger partial charge in [0.1, 0.15) is 6.04 Å². The van der Waals surface area contributed by atoms with Crippen molar-refractivity contribution >= 4 is 11.8 Å². The average Bonchev–Trinajstić information content (AvgIpc) is 3.67. The molecule has 3 atom stereocenters. The van der Waals surface area contributed by atoms with Gasteiger partial charge in [0, 0.05) is 43.6 Å². The summed E-state index contributed by atoms with van der Waals surface area (Å²) in [7, 11) is 0. The van der Waals surface area contributed by atoms with Crippen LogP contribution < -0.4 is 0 Å². The topological polar surface area (TPSA) is 78.7 Å². The standard InChI is InChI=1S/C36H46N4O3/c1-2-40-33(31(22-37-40)35(41)29-16-10-5-11-17-29)28-18-20-38(21-19-28)23-30-24-39(25-32(30)26-12-6-3-7-13-26)34(36(42)43)27-14-8-4-9-15-27/h3,5-7,10-13,16-17,22,27-28,30,32,34H,2,4,8-9,14-15,18-21,23-25H2,1H3,(H,42,43)/t30-,32+,34+/m0/s1. The number of hydrogen-bond acceptors (Lipinski definition) is 5. The van der Waals surface area contributed by atoms with Gasteiger partial charge in [0.05, 0.1) is 17.5 Å². The zero-order valence-corrected chi connectivity index (χ0v) is 25.5. The van der Waals surface area contributed by atoms with E-state index >= 15 is 0 Å². The van der Waals surface area contributed by atoms with Crippen LogP contribution in [0.1, 0.15) is 90.9 Å². The van der Waals surface area contributed by atoms with E-state index in [0.29, 0.717) is 23.3 Å². The van der Waals surface area contributed by atoms with E-state index in [1.165, 1.54) is 12.0 Å². The van der Waals surface area contributed by atoms with E-state index in [4.69, 9.17) is 0 Å². The number of carboxylic acids is 1. The van der Waals surface area contributed by atoms with Crippen molar-refractivity contribution in [3.8, 4) is 0 Å². The third-order valence-electron chi connectivity index (χ3n) is 10.4. The highest BCUT2D eigenvalue weighted by Crippen LogP contribution is 2.39. The van der Waals surface area contributed by atoms with Crippen molar-refractivity contribution in [3.05, 3.63) is 89.2 Å². The maximum absolute atomic E-state index is 13.4. The first-order valence-electron chi connectivity index (χ1n) is 16.4. The van der Waals surface area contributed by atoms with Crippen LogP contribution in [-0.4, -0.2) is 75.2 Å². The molecule has 228 valence electrons. The SMILES string of the molecule is CCn1ncc(C(=O)c2ccccc2)c1C1CCN(C[C@H]2CN([C@@H](C(=O)O)C3CCCCC3)C[C@@H]2c2ccccc2)CC1. The summed E-state index contributed by atoms with van der Waals surface area (Å²) in [5.41, 5.74) is 3.86. The second-order valence-corrected chi connectivity index (χ2v) is 12.9. The van der Waals surface area contributed by atoms with Gasteiger partial charge >= 0.3 is 5.97 Å². The number of carbonyl (C=O) groups is 2. The fourth-order valence-electron chi connectivity index (χ4n) is 8.22. The quantitative estimate of drug-likeness (QED) is 0.293. The summed E-state index contributed by atoms with van der Waals surface area (Å²) < 4.78 is 2.02. The Morgan fingerprint density at radius 1 is 0.907 bits per heavy atom. The van der Waals surface area contributed by atoms with Gasteiger partial charge in [-0.05, 0) is 63.1 Å². The predicted molar refractivity (Wildman–Crippen MR) is 168 cm³/mol. The Morgan fingerprint density at radius 2 is 1.58 bits per heavy atom. The van der Waals surface area contributed by atoms with Crippen LogP contribution in [0.5, 0.6) is 0 Å². The van der Waals surface area contributed by atoms with E-state index < -0.39 is 5.97 Å². The number of nitrogens with zero attached hydrogens (tertiary/aromatic N) is 4. The van der Waals surface area contributed by atoms with Crippen LogP contribution in [0, 0.1) is 11.8 Å². The first-order valence-corrected chi connectivity index (χ1v) is 16.4. The molecule has 1 aromatic heterocycles. The number of rotatable bonds is 10. The molecule has 3 aliphatic rings. The minimum Gasteiger partial charge on any atom is -0.480 e. The number of aryl methyl sites for hydroxylation is 1. The Kier molecular flexibility index (Phi) is 9.39. The van der Waals surface area contributed by atoms with Crippen molar-refractivity contribution in [1.29, 1.82) is 0 Å². The predicted octanol–water partition coefficient (Wildman–Crippen LogP) is 6.06. The van der Waals surface area contributed by atoms with Crippen LogP contribution in [0.3, 0.4) is 0 Å². The molecule has 2 aliphatic heterocycles. The van der Waals surface area contributed by atoms with E-state index in [0.717, 1.165) is 89.1 Å². The lowest BCUT2D eigenvalue weighted by Gasteiger charge is -2.35. The maximum Gasteiger partial charge on any atom is 0.321 e. The van der Waals surface area contributed by atoms with Gasteiger partial charge < -0.3 is 10.0 Å². The minimum absolute atomic E-state index is 0.0560. The Morgan fingerprint density at radius 3 is 2.23 bits per heavy atom. The third kappa shape index (κ3) is 6.48. The largest absolute Gasteiger partial charge is 0.480 e. The normalized spacial score (nSPS) is 23.4.